The average Bonchev–Trinajstić information content (AvgIpc) is 3.41. The highest BCUT2D eigenvalue weighted by Crippen LogP contribution is 2.47. The van der Waals surface area contributed by atoms with Crippen LogP contribution in [0.25, 0.3) is 11.3 Å². The highest BCUT2D eigenvalue weighted by atomic mass is 35.5. The molecule has 2 aromatic carbocycles. The van der Waals surface area contributed by atoms with Crippen LogP contribution >= 0.6 is 11.6 Å². The van der Waals surface area contributed by atoms with Crippen molar-refractivity contribution in [3.05, 3.63) is 88.0 Å². The number of aryl methyl sites for hydroxylation is 1. The molecule has 1 aliphatic rings. The maximum atomic E-state index is 14.1. The highest BCUT2D eigenvalue weighted by Gasteiger charge is 2.43. The predicted molar refractivity (Wildman–Crippen MR) is 148 cm³/mol. The van der Waals surface area contributed by atoms with Gasteiger partial charge in [-0.1, -0.05) is 41.4 Å². The summed E-state index contributed by atoms with van der Waals surface area (Å²) in [5, 5.41) is -0.0372. The van der Waals surface area contributed by atoms with Crippen LogP contribution in [0.1, 0.15) is 53.1 Å². The van der Waals surface area contributed by atoms with E-state index in [0.717, 1.165) is 22.5 Å². The first-order valence-corrected chi connectivity index (χ1v) is 12.7. The fourth-order valence-electron chi connectivity index (χ4n) is 4.98. The van der Waals surface area contributed by atoms with Crippen LogP contribution in [0.4, 0.5) is 16.0 Å². The van der Waals surface area contributed by atoms with Crippen LogP contribution in [-0.2, 0) is 0 Å². The zero-order valence-corrected chi connectivity index (χ0v) is 22.9. The summed E-state index contributed by atoms with van der Waals surface area (Å²) in [7, 11) is 5.30. The largest absolute Gasteiger partial charge is 0.480 e. The van der Waals surface area contributed by atoms with Crippen LogP contribution in [0, 0.1) is 12.7 Å². The number of carbonyl (C=O) groups excluding carboxylic acids is 1. The van der Waals surface area contributed by atoms with Gasteiger partial charge in [-0.25, -0.2) is 9.37 Å². The number of amides is 1. The summed E-state index contributed by atoms with van der Waals surface area (Å²) in [6, 6.07) is 13.9. The Balaban J connectivity index is 1.76. The zero-order chi connectivity index (χ0) is 27.3. The Labute approximate surface area is 226 Å². The quantitative estimate of drug-likeness (QED) is 0.285. The molecule has 196 valence electrons. The van der Waals surface area contributed by atoms with Crippen LogP contribution in [0.2, 0.25) is 5.02 Å². The molecule has 0 saturated heterocycles. The Morgan fingerprint density at radius 1 is 1.08 bits per heavy atom. The third kappa shape index (κ3) is 4.19. The van der Waals surface area contributed by atoms with Gasteiger partial charge in [0.25, 0.3) is 5.91 Å². The van der Waals surface area contributed by atoms with Crippen LogP contribution in [-0.4, -0.2) is 41.6 Å². The molecule has 2 aromatic heterocycles. The SMILES string of the molecule is COc1nc(N(C)C)ncc1-c1cc2c(n1C(C)C)C(c1ccc(C)cc1)N(c1ccc(F)c(Cl)c1)C2=O. The molecule has 4 aromatic rings. The number of fused-ring (bicyclic) bond motifs is 1. The number of hydrogen-bond donors (Lipinski definition) is 0. The minimum atomic E-state index is -0.534. The van der Waals surface area contributed by atoms with Crippen molar-refractivity contribution in [1.29, 1.82) is 0 Å². The number of ether oxygens (including phenoxy) is 1. The lowest BCUT2D eigenvalue weighted by atomic mass is 10.0. The van der Waals surface area contributed by atoms with E-state index in [-0.39, 0.29) is 17.0 Å². The van der Waals surface area contributed by atoms with Gasteiger partial charge in [-0.15, -0.1) is 0 Å². The molecule has 3 heterocycles. The van der Waals surface area contributed by atoms with Gasteiger partial charge < -0.3 is 14.2 Å². The normalized spacial score (nSPS) is 14.8. The number of halogens is 2. The first-order valence-electron chi connectivity index (χ1n) is 12.3. The predicted octanol–water partition coefficient (Wildman–Crippen LogP) is 6.45. The van der Waals surface area contributed by atoms with Crippen LogP contribution < -0.4 is 14.5 Å². The lowest BCUT2D eigenvalue weighted by Crippen LogP contribution is -2.30. The molecule has 0 aliphatic carbocycles. The monoisotopic (exact) mass is 533 g/mol. The lowest BCUT2D eigenvalue weighted by Gasteiger charge is -2.29. The molecule has 0 bridgehead atoms. The van der Waals surface area contributed by atoms with Gasteiger partial charge in [0.05, 0.1) is 34.6 Å². The van der Waals surface area contributed by atoms with Gasteiger partial charge in [0.2, 0.25) is 11.8 Å². The summed E-state index contributed by atoms with van der Waals surface area (Å²) in [5.41, 5.74) is 5.43. The third-order valence-electron chi connectivity index (χ3n) is 6.74. The van der Waals surface area contributed by atoms with Gasteiger partial charge in [-0.2, -0.15) is 4.98 Å². The van der Waals surface area contributed by atoms with Crippen molar-refractivity contribution >= 4 is 29.1 Å². The molecule has 1 amide bonds. The summed E-state index contributed by atoms with van der Waals surface area (Å²) < 4.78 is 21.8. The first kappa shape index (κ1) is 25.7. The minimum absolute atomic E-state index is 0.00974. The van der Waals surface area contributed by atoms with Crippen molar-refractivity contribution < 1.29 is 13.9 Å². The maximum absolute atomic E-state index is 14.1. The molecule has 5 rings (SSSR count). The van der Waals surface area contributed by atoms with Crippen LogP contribution in [0.15, 0.2) is 54.7 Å². The molecule has 1 aliphatic heterocycles. The first-order chi connectivity index (χ1) is 18.1. The molecular formula is C29H29ClFN5O2. The summed E-state index contributed by atoms with van der Waals surface area (Å²) in [4.78, 5) is 26.6. The zero-order valence-electron chi connectivity index (χ0n) is 22.2. The summed E-state index contributed by atoms with van der Waals surface area (Å²) in [6.45, 7) is 6.16. The fourth-order valence-corrected chi connectivity index (χ4v) is 5.16. The Hall–Kier alpha value is -3.91. The van der Waals surface area contributed by atoms with Crippen molar-refractivity contribution in [1.82, 2.24) is 14.5 Å². The number of aromatic nitrogens is 3. The second-order valence-electron chi connectivity index (χ2n) is 9.87. The minimum Gasteiger partial charge on any atom is -0.480 e. The topological polar surface area (TPSA) is 63.5 Å². The molecule has 7 nitrogen and oxygen atoms in total. The Morgan fingerprint density at radius 3 is 2.39 bits per heavy atom. The van der Waals surface area contributed by atoms with Gasteiger partial charge in [0, 0.05) is 32.0 Å². The van der Waals surface area contributed by atoms with Crippen molar-refractivity contribution in [3.63, 3.8) is 0 Å². The van der Waals surface area contributed by atoms with Crippen molar-refractivity contribution in [2.24, 2.45) is 0 Å². The van der Waals surface area contributed by atoms with E-state index in [1.54, 1.807) is 29.2 Å². The molecule has 1 unspecified atom stereocenters. The molecule has 38 heavy (non-hydrogen) atoms. The van der Waals surface area contributed by atoms with E-state index in [1.807, 2.05) is 51.4 Å². The molecule has 0 saturated carbocycles. The second-order valence-corrected chi connectivity index (χ2v) is 10.3. The smallest absolute Gasteiger partial charge is 0.261 e. The number of anilines is 2. The van der Waals surface area contributed by atoms with Crippen molar-refractivity contribution in [2.45, 2.75) is 32.9 Å². The molecule has 0 spiro atoms. The van der Waals surface area contributed by atoms with Crippen LogP contribution in [0.3, 0.4) is 0 Å². The molecule has 0 radical (unpaired) electrons. The van der Waals surface area contributed by atoms with Gasteiger partial charge in [0.1, 0.15) is 11.9 Å². The van der Waals surface area contributed by atoms with E-state index in [2.05, 4.69) is 28.4 Å². The lowest BCUT2D eigenvalue weighted by molar-refractivity contribution is 0.0993. The summed E-state index contributed by atoms with van der Waals surface area (Å²) in [5.74, 6) is 0.212. The van der Waals surface area contributed by atoms with Gasteiger partial charge in [-0.3, -0.25) is 9.69 Å². The summed E-state index contributed by atoms with van der Waals surface area (Å²) >= 11 is 6.15. The van der Waals surface area contributed by atoms with E-state index >= 15 is 0 Å². The number of methoxy groups -OCH3 is 1. The Kier molecular flexibility index (Phi) is 6.61. The van der Waals surface area contributed by atoms with E-state index in [0.29, 0.717) is 28.6 Å². The van der Waals surface area contributed by atoms with Crippen molar-refractivity contribution in [3.8, 4) is 17.1 Å². The van der Waals surface area contributed by atoms with E-state index in [9.17, 15) is 9.18 Å². The fraction of sp³-hybridized carbons (Fsp3) is 0.276. The number of benzene rings is 2. The Bertz CT molecular complexity index is 1530. The standard InChI is InChI=1S/C29H29ClFN5O2/c1-16(2)35-24(21-15-32-29(34(4)5)33-27(21)38-6)14-20-26(35)25(18-9-7-17(3)8-10-18)36(28(20)37)19-11-12-23(31)22(30)13-19/h7-16,25H,1-6H3. The van der Waals surface area contributed by atoms with Gasteiger partial charge >= 0.3 is 0 Å². The molecule has 1 atom stereocenters. The number of nitrogens with zero attached hydrogens (tertiary/aromatic N) is 5. The third-order valence-corrected chi connectivity index (χ3v) is 7.03. The number of hydrogen-bond acceptors (Lipinski definition) is 5. The number of rotatable bonds is 6. The van der Waals surface area contributed by atoms with E-state index in [1.165, 1.54) is 12.1 Å². The van der Waals surface area contributed by atoms with Gasteiger partial charge in [0.15, 0.2) is 0 Å². The molecule has 9 heteroatoms. The number of carbonyl (C=O) groups is 1. The second kappa shape index (κ2) is 9.76. The van der Waals surface area contributed by atoms with Crippen LogP contribution in [0.5, 0.6) is 5.88 Å². The van der Waals surface area contributed by atoms with Crippen molar-refractivity contribution in [2.75, 3.05) is 31.0 Å². The molecule has 0 N–H and O–H groups in total. The average molecular weight is 534 g/mol. The Morgan fingerprint density at radius 2 is 1.79 bits per heavy atom. The summed E-state index contributed by atoms with van der Waals surface area (Å²) in [6.07, 6.45) is 1.73. The van der Waals surface area contributed by atoms with E-state index < -0.39 is 11.9 Å². The molecule has 0 fully saturated rings. The van der Waals surface area contributed by atoms with Gasteiger partial charge in [-0.05, 0) is 50.6 Å². The van der Waals surface area contributed by atoms with E-state index in [4.69, 9.17) is 16.3 Å². The highest BCUT2D eigenvalue weighted by molar-refractivity contribution is 6.31. The molecular weight excluding hydrogens is 505 g/mol. The maximum Gasteiger partial charge on any atom is 0.261 e.